The Balaban J connectivity index is 2.00. The highest BCUT2D eigenvalue weighted by molar-refractivity contribution is 8.00. The number of carbonyl (C=O) groups excluding carboxylic acids is 2. The molecule has 1 fully saturated rings. The highest BCUT2D eigenvalue weighted by atomic mass is 32.2. The predicted molar refractivity (Wildman–Crippen MR) is 81.9 cm³/mol. The minimum Gasteiger partial charge on any atom is -0.367 e. The van der Waals surface area contributed by atoms with E-state index in [0.29, 0.717) is 13.2 Å². The lowest BCUT2D eigenvalue weighted by Crippen LogP contribution is -2.52. The zero-order valence-electron chi connectivity index (χ0n) is 12.0. The first-order valence-electron chi connectivity index (χ1n) is 7.03. The van der Waals surface area contributed by atoms with Crippen molar-refractivity contribution < 1.29 is 14.3 Å². The second kappa shape index (κ2) is 7.47. The molecule has 1 heterocycles. The monoisotopic (exact) mass is 308 g/mol. The molecule has 0 spiro atoms. The van der Waals surface area contributed by atoms with Crippen LogP contribution >= 0.6 is 11.8 Å². The second-order valence-corrected chi connectivity index (χ2v) is 6.15. The third kappa shape index (κ3) is 4.22. The maximum absolute atomic E-state index is 12.6. The molecule has 1 saturated heterocycles. The van der Waals surface area contributed by atoms with Gasteiger partial charge in [-0.1, -0.05) is 25.1 Å². The number of thioether (sulfide) groups is 1. The summed E-state index contributed by atoms with van der Waals surface area (Å²) in [5.41, 5.74) is 5.25. The maximum Gasteiger partial charge on any atom is 0.248 e. The number of rotatable bonds is 5. The van der Waals surface area contributed by atoms with Crippen LogP contribution in [0, 0.1) is 0 Å². The number of morpholine rings is 1. The molecule has 0 unspecified atom stereocenters. The van der Waals surface area contributed by atoms with Gasteiger partial charge in [-0.25, -0.2) is 0 Å². The van der Waals surface area contributed by atoms with Crippen LogP contribution in [0.4, 0.5) is 0 Å². The van der Waals surface area contributed by atoms with E-state index in [1.54, 1.807) is 16.7 Å². The van der Waals surface area contributed by atoms with Crippen molar-refractivity contribution in [1.82, 2.24) is 4.90 Å². The van der Waals surface area contributed by atoms with Gasteiger partial charge in [0, 0.05) is 11.4 Å². The number of ether oxygens (including phenoxy) is 1. The van der Waals surface area contributed by atoms with Gasteiger partial charge in [-0.3, -0.25) is 9.59 Å². The van der Waals surface area contributed by atoms with E-state index in [1.165, 1.54) is 0 Å². The van der Waals surface area contributed by atoms with Crippen molar-refractivity contribution >= 4 is 23.6 Å². The van der Waals surface area contributed by atoms with Crippen LogP contribution in [0.25, 0.3) is 0 Å². The van der Waals surface area contributed by atoms with Crippen LogP contribution < -0.4 is 5.73 Å². The van der Waals surface area contributed by atoms with Gasteiger partial charge in [0.05, 0.1) is 18.4 Å². The van der Waals surface area contributed by atoms with Gasteiger partial charge in [-0.15, -0.1) is 11.8 Å². The number of hydrogen-bond donors (Lipinski definition) is 1. The molecule has 21 heavy (non-hydrogen) atoms. The lowest BCUT2D eigenvalue weighted by atomic mass is 10.2. The summed E-state index contributed by atoms with van der Waals surface area (Å²) >= 11 is 1.55. The van der Waals surface area contributed by atoms with E-state index in [2.05, 4.69) is 0 Å². The predicted octanol–water partition coefficient (Wildman–Crippen LogP) is 1.27. The summed E-state index contributed by atoms with van der Waals surface area (Å²) in [5, 5.41) is -0.154. The molecule has 2 rings (SSSR count). The van der Waals surface area contributed by atoms with Crippen molar-refractivity contribution in [3.8, 4) is 0 Å². The van der Waals surface area contributed by atoms with E-state index in [4.69, 9.17) is 10.5 Å². The molecule has 1 aliphatic heterocycles. The molecule has 1 aromatic rings. The zero-order chi connectivity index (χ0) is 15.2. The van der Waals surface area contributed by atoms with Crippen molar-refractivity contribution in [2.45, 2.75) is 29.6 Å². The number of benzene rings is 1. The first-order valence-corrected chi connectivity index (χ1v) is 7.91. The summed E-state index contributed by atoms with van der Waals surface area (Å²) < 4.78 is 5.28. The van der Waals surface area contributed by atoms with Crippen LogP contribution in [-0.2, 0) is 14.3 Å². The van der Waals surface area contributed by atoms with Crippen molar-refractivity contribution in [3.63, 3.8) is 0 Å². The largest absolute Gasteiger partial charge is 0.367 e. The first-order chi connectivity index (χ1) is 10.1. The fourth-order valence-electron chi connectivity index (χ4n) is 2.20. The molecule has 1 aromatic carbocycles. The smallest absolute Gasteiger partial charge is 0.248 e. The van der Waals surface area contributed by atoms with Crippen LogP contribution in [0.5, 0.6) is 0 Å². The number of hydrogen-bond acceptors (Lipinski definition) is 4. The summed E-state index contributed by atoms with van der Waals surface area (Å²) in [6.07, 6.45) is 0.0405. The molecule has 2 atom stereocenters. The molecular formula is C15H20N2O3S. The van der Waals surface area contributed by atoms with E-state index in [0.717, 1.165) is 11.3 Å². The van der Waals surface area contributed by atoms with Gasteiger partial charge in [0.15, 0.2) is 6.10 Å². The number of nitrogens with zero attached hydrogens (tertiary/aromatic N) is 1. The van der Waals surface area contributed by atoms with Crippen molar-refractivity contribution in [3.05, 3.63) is 30.3 Å². The Morgan fingerprint density at radius 1 is 1.43 bits per heavy atom. The van der Waals surface area contributed by atoms with Gasteiger partial charge >= 0.3 is 0 Å². The summed E-state index contributed by atoms with van der Waals surface area (Å²) in [5.74, 6) is -0.475. The lowest BCUT2D eigenvalue weighted by Gasteiger charge is -2.33. The van der Waals surface area contributed by atoms with Gasteiger partial charge in [0.2, 0.25) is 11.8 Å². The van der Waals surface area contributed by atoms with Gasteiger partial charge < -0.3 is 15.4 Å². The molecule has 0 bridgehead atoms. The summed E-state index contributed by atoms with van der Waals surface area (Å²) in [4.78, 5) is 26.6. The summed E-state index contributed by atoms with van der Waals surface area (Å²) in [7, 11) is 0. The first kappa shape index (κ1) is 15.9. The van der Waals surface area contributed by atoms with E-state index in [9.17, 15) is 9.59 Å². The van der Waals surface area contributed by atoms with Crippen LogP contribution in [0.15, 0.2) is 35.2 Å². The fraction of sp³-hybridized carbons (Fsp3) is 0.467. The second-order valence-electron chi connectivity index (χ2n) is 4.87. The summed E-state index contributed by atoms with van der Waals surface area (Å²) in [6, 6.07) is 9.85. The highest BCUT2D eigenvalue weighted by Crippen LogP contribution is 2.27. The van der Waals surface area contributed by atoms with Crippen molar-refractivity contribution in [2.75, 3.05) is 19.7 Å². The third-order valence-corrected chi connectivity index (χ3v) is 4.73. The SMILES string of the molecule is CC[C@@H](Sc1ccccc1)C(=O)N1CCO[C@@H](C(N)=O)C1. The van der Waals surface area contributed by atoms with Gasteiger partial charge in [-0.05, 0) is 18.6 Å². The standard InChI is InChI=1S/C15H20N2O3S/c1-2-13(21-11-6-4-3-5-7-11)15(19)17-8-9-20-12(10-17)14(16)18/h3-7,12-13H,2,8-10H2,1H3,(H2,16,18)/t12-,13-/m1/s1. The number of carbonyl (C=O) groups is 2. The minimum atomic E-state index is -0.693. The molecule has 2 N–H and O–H groups in total. The van der Waals surface area contributed by atoms with E-state index in [1.807, 2.05) is 37.3 Å². The van der Waals surface area contributed by atoms with E-state index >= 15 is 0 Å². The van der Waals surface area contributed by atoms with Crippen molar-refractivity contribution in [1.29, 1.82) is 0 Å². The lowest BCUT2D eigenvalue weighted by molar-refractivity contribution is -0.145. The van der Waals surface area contributed by atoms with Crippen LogP contribution in [0.2, 0.25) is 0 Å². The molecule has 5 nitrogen and oxygen atoms in total. The average molecular weight is 308 g/mol. The number of nitrogens with two attached hydrogens (primary N) is 1. The Bertz CT molecular complexity index is 495. The Kier molecular flexibility index (Phi) is 5.64. The van der Waals surface area contributed by atoms with Crippen LogP contribution in [-0.4, -0.2) is 47.8 Å². The fourth-order valence-corrected chi connectivity index (χ4v) is 3.26. The van der Waals surface area contributed by atoms with Gasteiger partial charge in [-0.2, -0.15) is 0 Å². The Hall–Kier alpha value is -1.53. The van der Waals surface area contributed by atoms with E-state index < -0.39 is 12.0 Å². The maximum atomic E-state index is 12.6. The molecule has 0 aromatic heterocycles. The zero-order valence-corrected chi connectivity index (χ0v) is 12.8. The third-order valence-electron chi connectivity index (χ3n) is 3.36. The Morgan fingerprint density at radius 3 is 2.76 bits per heavy atom. The molecular weight excluding hydrogens is 288 g/mol. The normalized spacial score (nSPS) is 20.0. The van der Waals surface area contributed by atoms with Crippen LogP contribution in [0.3, 0.4) is 0 Å². The molecule has 0 saturated carbocycles. The average Bonchev–Trinajstić information content (AvgIpc) is 2.53. The molecule has 6 heteroatoms. The Morgan fingerprint density at radius 2 is 2.14 bits per heavy atom. The number of primary amides is 1. The molecule has 2 amide bonds. The minimum absolute atomic E-state index is 0.0425. The molecule has 1 aliphatic rings. The van der Waals surface area contributed by atoms with E-state index in [-0.39, 0.29) is 17.7 Å². The Labute approximate surface area is 128 Å². The quantitative estimate of drug-likeness (QED) is 0.832. The molecule has 114 valence electrons. The topological polar surface area (TPSA) is 72.6 Å². The summed E-state index contributed by atoms with van der Waals surface area (Å²) in [6.45, 7) is 3.10. The van der Waals surface area contributed by atoms with Crippen LogP contribution in [0.1, 0.15) is 13.3 Å². The molecule has 0 aliphatic carbocycles. The van der Waals surface area contributed by atoms with Crippen molar-refractivity contribution in [2.24, 2.45) is 5.73 Å². The van der Waals surface area contributed by atoms with Gasteiger partial charge in [0.25, 0.3) is 0 Å². The highest BCUT2D eigenvalue weighted by Gasteiger charge is 2.31. The molecule has 0 radical (unpaired) electrons. The number of amides is 2. The van der Waals surface area contributed by atoms with Gasteiger partial charge in [0.1, 0.15) is 0 Å².